The molecule has 0 aromatic heterocycles. The second kappa shape index (κ2) is 13.2. The molecule has 0 unspecified atom stereocenters. The van der Waals surface area contributed by atoms with E-state index in [0.717, 1.165) is 25.5 Å². The number of hydrogen-bond acceptors (Lipinski definition) is 2. The summed E-state index contributed by atoms with van der Waals surface area (Å²) < 4.78 is 0. The number of guanidine groups is 1. The van der Waals surface area contributed by atoms with Crippen molar-refractivity contribution in [1.29, 1.82) is 0 Å². The van der Waals surface area contributed by atoms with E-state index >= 15 is 0 Å². The largest absolute Gasteiger partial charge is 0.357 e. The van der Waals surface area contributed by atoms with Gasteiger partial charge in [-0.05, 0) is 32.1 Å². The second-order valence-electron chi connectivity index (χ2n) is 5.39. The zero-order chi connectivity index (χ0) is 14.6. The summed E-state index contributed by atoms with van der Waals surface area (Å²) in [5, 5.41) is 9.40. The van der Waals surface area contributed by atoms with Crippen LogP contribution in [0.15, 0.2) is 4.99 Å². The van der Waals surface area contributed by atoms with Gasteiger partial charge in [0, 0.05) is 32.6 Å². The summed E-state index contributed by atoms with van der Waals surface area (Å²) in [5.74, 6) is 1.64. The summed E-state index contributed by atoms with van der Waals surface area (Å²) in [5.41, 5.74) is 0. The smallest absolute Gasteiger partial charge is 0.220 e. The molecule has 1 saturated carbocycles. The van der Waals surface area contributed by atoms with Crippen molar-refractivity contribution in [2.75, 3.05) is 26.2 Å². The fourth-order valence-electron chi connectivity index (χ4n) is 2.50. The molecule has 0 aromatic rings. The fourth-order valence-corrected chi connectivity index (χ4v) is 2.50. The normalized spacial score (nSPS) is 15.4. The van der Waals surface area contributed by atoms with E-state index in [4.69, 9.17) is 0 Å². The number of amides is 1. The number of hydrogen-bond donors (Lipinski definition) is 3. The molecule has 0 bridgehead atoms. The van der Waals surface area contributed by atoms with Crippen LogP contribution in [0.25, 0.3) is 0 Å². The number of rotatable bonds is 8. The summed E-state index contributed by atoms with van der Waals surface area (Å²) in [6.07, 6.45) is 6.76. The van der Waals surface area contributed by atoms with E-state index < -0.39 is 0 Å². The van der Waals surface area contributed by atoms with Crippen molar-refractivity contribution in [3.05, 3.63) is 0 Å². The molecule has 1 amide bonds. The molecule has 0 aliphatic heterocycles. The molecule has 0 radical (unpaired) electrons. The van der Waals surface area contributed by atoms with Gasteiger partial charge < -0.3 is 16.0 Å². The van der Waals surface area contributed by atoms with E-state index in [1.807, 2.05) is 6.92 Å². The maximum absolute atomic E-state index is 11.8. The SMILES string of the molecule is CCCN=C(NCC)NCCNC(=O)CC1CCCC1.I. The van der Waals surface area contributed by atoms with Crippen molar-refractivity contribution in [2.45, 2.75) is 52.4 Å². The van der Waals surface area contributed by atoms with Crippen LogP contribution >= 0.6 is 24.0 Å². The molecule has 1 aliphatic carbocycles. The fraction of sp³-hybridized carbons (Fsp3) is 0.867. The lowest BCUT2D eigenvalue weighted by Crippen LogP contribution is -2.41. The Bertz CT molecular complexity index is 304. The minimum Gasteiger partial charge on any atom is -0.357 e. The van der Waals surface area contributed by atoms with Crippen LogP contribution in [0.2, 0.25) is 0 Å². The van der Waals surface area contributed by atoms with Gasteiger partial charge in [0.2, 0.25) is 5.91 Å². The van der Waals surface area contributed by atoms with Crippen LogP contribution in [0.4, 0.5) is 0 Å². The highest BCUT2D eigenvalue weighted by atomic mass is 127. The van der Waals surface area contributed by atoms with Crippen molar-refractivity contribution in [1.82, 2.24) is 16.0 Å². The maximum atomic E-state index is 11.8. The Morgan fingerprint density at radius 1 is 1.10 bits per heavy atom. The number of nitrogens with one attached hydrogen (secondary N) is 3. The number of carbonyl (C=O) groups excluding carboxylic acids is 1. The molecular weight excluding hydrogens is 379 g/mol. The molecule has 0 saturated heterocycles. The van der Waals surface area contributed by atoms with E-state index in [2.05, 4.69) is 27.9 Å². The van der Waals surface area contributed by atoms with Gasteiger partial charge in [0.15, 0.2) is 5.96 Å². The van der Waals surface area contributed by atoms with Crippen LogP contribution < -0.4 is 16.0 Å². The van der Waals surface area contributed by atoms with E-state index in [1.54, 1.807) is 0 Å². The Morgan fingerprint density at radius 3 is 2.38 bits per heavy atom. The first-order valence-corrected chi connectivity index (χ1v) is 8.05. The van der Waals surface area contributed by atoms with Crippen LogP contribution in [0.1, 0.15) is 52.4 Å². The van der Waals surface area contributed by atoms with Crippen LogP contribution in [-0.4, -0.2) is 38.0 Å². The van der Waals surface area contributed by atoms with Crippen molar-refractivity contribution in [3.63, 3.8) is 0 Å². The molecule has 5 nitrogen and oxygen atoms in total. The Kier molecular flexibility index (Phi) is 12.8. The van der Waals surface area contributed by atoms with Crippen LogP contribution in [0.5, 0.6) is 0 Å². The summed E-state index contributed by atoms with van der Waals surface area (Å²) >= 11 is 0. The molecule has 124 valence electrons. The Morgan fingerprint density at radius 2 is 1.76 bits per heavy atom. The lowest BCUT2D eigenvalue weighted by molar-refractivity contribution is -0.121. The lowest BCUT2D eigenvalue weighted by Gasteiger charge is -2.12. The first-order chi connectivity index (χ1) is 9.76. The summed E-state index contributed by atoms with van der Waals surface area (Å²) in [7, 11) is 0. The van der Waals surface area contributed by atoms with Crippen molar-refractivity contribution in [3.8, 4) is 0 Å². The molecule has 3 N–H and O–H groups in total. The van der Waals surface area contributed by atoms with Gasteiger partial charge in [0.05, 0.1) is 0 Å². The minimum atomic E-state index is 0. The van der Waals surface area contributed by atoms with Gasteiger partial charge in [0.1, 0.15) is 0 Å². The summed E-state index contributed by atoms with van der Waals surface area (Å²) in [6.45, 7) is 7.20. The van der Waals surface area contributed by atoms with Gasteiger partial charge in [0.25, 0.3) is 0 Å². The molecule has 0 atom stereocenters. The van der Waals surface area contributed by atoms with Gasteiger partial charge in [-0.25, -0.2) is 0 Å². The second-order valence-corrected chi connectivity index (χ2v) is 5.39. The predicted molar refractivity (Wildman–Crippen MR) is 99.3 cm³/mol. The number of halogens is 1. The molecule has 21 heavy (non-hydrogen) atoms. The van der Waals surface area contributed by atoms with E-state index in [0.29, 0.717) is 25.4 Å². The molecule has 1 rings (SSSR count). The summed E-state index contributed by atoms with van der Waals surface area (Å²) in [6, 6.07) is 0. The molecule has 1 aliphatic rings. The zero-order valence-electron chi connectivity index (χ0n) is 13.4. The molecule has 0 aromatic carbocycles. The van der Waals surface area contributed by atoms with Gasteiger partial charge in [-0.3, -0.25) is 9.79 Å². The highest BCUT2D eigenvalue weighted by molar-refractivity contribution is 14.0. The van der Waals surface area contributed by atoms with E-state index in [-0.39, 0.29) is 29.9 Å². The topological polar surface area (TPSA) is 65.5 Å². The third kappa shape index (κ3) is 9.92. The molecule has 6 heteroatoms. The average Bonchev–Trinajstić information content (AvgIpc) is 2.93. The molecule has 0 heterocycles. The van der Waals surface area contributed by atoms with Crippen LogP contribution in [-0.2, 0) is 4.79 Å². The Hall–Kier alpha value is -0.530. The number of aliphatic imine (C=N–C) groups is 1. The Labute approximate surface area is 146 Å². The third-order valence-corrected chi connectivity index (χ3v) is 3.53. The van der Waals surface area contributed by atoms with Gasteiger partial charge >= 0.3 is 0 Å². The van der Waals surface area contributed by atoms with Crippen molar-refractivity contribution >= 4 is 35.8 Å². The number of carbonyl (C=O) groups is 1. The summed E-state index contributed by atoms with van der Waals surface area (Å²) in [4.78, 5) is 16.2. The van der Waals surface area contributed by atoms with Crippen molar-refractivity contribution < 1.29 is 4.79 Å². The van der Waals surface area contributed by atoms with E-state index in [1.165, 1.54) is 25.7 Å². The molecule has 1 fully saturated rings. The lowest BCUT2D eigenvalue weighted by atomic mass is 10.0. The van der Waals surface area contributed by atoms with Gasteiger partial charge in [-0.1, -0.05) is 19.8 Å². The van der Waals surface area contributed by atoms with E-state index in [9.17, 15) is 4.79 Å². The highest BCUT2D eigenvalue weighted by Gasteiger charge is 2.17. The van der Waals surface area contributed by atoms with Crippen LogP contribution in [0.3, 0.4) is 0 Å². The highest BCUT2D eigenvalue weighted by Crippen LogP contribution is 2.27. The minimum absolute atomic E-state index is 0. The quantitative estimate of drug-likeness (QED) is 0.249. The van der Waals surface area contributed by atoms with Gasteiger partial charge in [-0.2, -0.15) is 0 Å². The standard InChI is InChI=1S/C15H30N4O.HI/c1-3-9-18-15(16-4-2)19-11-10-17-14(20)12-13-7-5-6-8-13;/h13H,3-12H2,1-2H3,(H,17,20)(H2,16,18,19);1H. The van der Waals surface area contributed by atoms with Crippen molar-refractivity contribution in [2.24, 2.45) is 10.9 Å². The zero-order valence-corrected chi connectivity index (χ0v) is 15.7. The molecule has 0 spiro atoms. The monoisotopic (exact) mass is 410 g/mol. The van der Waals surface area contributed by atoms with Crippen LogP contribution in [0, 0.1) is 5.92 Å². The third-order valence-electron chi connectivity index (χ3n) is 3.53. The Balaban J connectivity index is 0.00000400. The maximum Gasteiger partial charge on any atom is 0.220 e. The predicted octanol–water partition coefficient (Wildman–Crippen LogP) is 2.27. The molecular formula is C15H31IN4O. The first-order valence-electron chi connectivity index (χ1n) is 8.05. The average molecular weight is 410 g/mol. The number of nitrogens with zero attached hydrogens (tertiary/aromatic N) is 1. The first kappa shape index (κ1) is 20.5. The van der Waals surface area contributed by atoms with Gasteiger partial charge in [-0.15, -0.1) is 24.0 Å².